The van der Waals surface area contributed by atoms with Gasteiger partial charge in [-0.25, -0.2) is 0 Å². The number of rotatable bonds is 3. The Morgan fingerprint density at radius 1 is 1.05 bits per heavy atom. The summed E-state index contributed by atoms with van der Waals surface area (Å²) in [7, 11) is 0. The standard InChI is InChI=1S/C16H17NO3/c1-11(12-3-2-4-14(18)9-12)17-13-5-6-15-16(10-13)20-8-7-19-15/h2-6,9-11,17-18H,7-8H2,1H3. The van der Waals surface area contributed by atoms with Crippen LogP contribution in [0.5, 0.6) is 17.2 Å². The van der Waals surface area contributed by atoms with Crippen LogP contribution in [-0.4, -0.2) is 18.3 Å². The van der Waals surface area contributed by atoms with Crippen molar-refractivity contribution in [3.8, 4) is 17.2 Å². The van der Waals surface area contributed by atoms with Crippen LogP contribution >= 0.6 is 0 Å². The Labute approximate surface area is 118 Å². The third-order valence-corrected chi connectivity index (χ3v) is 3.30. The van der Waals surface area contributed by atoms with Gasteiger partial charge in [-0.15, -0.1) is 0 Å². The van der Waals surface area contributed by atoms with Crippen molar-refractivity contribution in [2.24, 2.45) is 0 Å². The summed E-state index contributed by atoms with van der Waals surface area (Å²) in [6.45, 7) is 3.23. The van der Waals surface area contributed by atoms with E-state index in [9.17, 15) is 5.11 Å². The van der Waals surface area contributed by atoms with Crippen LogP contribution in [0.1, 0.15) is 18.5 Å². The summed E-state index contributed by atoms with van der Waals surface area (Å²) >= 11 is 0. The van der Waals surface area contributed by atoms with Gasteiger partial charge in [-0.05, 0) is 36.8 Å². The van der Waals surface area contributed by atoms with E-state index in [1.165, 1.54) is 0 Å². The Hall–Kier alpha value is -2.36. The monoisotopic (exact) mass is 271 g/mol. The minimum absolute atomic E-state index is 0.0876. The normalized spacial score (nSPS) is 14.7. The first kappa shape index (κ1) is 12.7. The molecule has 0 aliphatic carbocycles. The molecule has 0 saturated heterocycles. The lowest BCUT2D eigenvalue weighted by Gasteiger charge is -2.21. The van der Waals surface area contributed by atoms with E-state index in [2.05, 4.69) is 5.32 Å². The fraction of sp³-hybridized carbons (Fsp3) is 0.250. The van der Waals surface area contributed by atoms with Gasteiger partial charge in [0.2, 0.25) is 0 Å². The van der Waals surface area contributed by atoms with Crippen molar-refractivity contribution in [2.45, 2.75) is 13.0 Å². The highest BCUT2D eigenvalue weighted by molar-refractivity contribution is 5.56. The number of ether oxygens (including phenoxy) is 2. The van der Waals surface area contributed by atoms with Gasteiger partial charge < -0.3 is 19.9 Å². The Morgan fingerprint density at radius 3 is 2.65 bits per heavy atom. The summed E-state index contributed by atoms with van der Waals surface area (Å²) in [5, 5.41) is 12.9. The fourth-order valence-corrected chi connectivity index (χ4v) is 2.26. The van der Waals surface area contributed by atoms with Crippen molar-refractivity contribution in [2.75, 3.05) is 18.5 Å². The van der Waals surface area contributed by atoms with Gasteiger partial charge in [0.25, 0.3) is 0 Å². The van der Waals surface area contributed by atoms with E-state index < -0.39 is 0 Å². The van der Waals surface area contributed by atoms with E-state index in [0.717, 1.165) is 22.7 Å². The number of aromatic hydroxyl groups is 1. The van der Waals surface area contributed by atoms with Gasteiger partial charge in [0.15, 0.2) is 11.5 Å². The van der Waals surface area contributed by atoms with Crippen LogP contribution in [0.15, 0.2) is 42.5 Å². The van der Waals surface area contributed by atoms with Crippen LogP contribution in [0.4, 0.5) is 5.69 Å². The molecule has 0 saturated carbocycles. The van der Waals surface area contributed by atoms with Crippen LogP contribution in [0, 0.1) is 0 Å². The molecule has 0 aromatic heterocycles. The molecule has 2 aromatic rings. The summed E-state index contributed by atoms with van der Waals surface area (Å²) in [6, 6.07) is 13.1. The Bertz CT molecular complexity index is 612. The minimum Gasteiger partial charge on any atom is -0.508 e. The predicted octanol–water partition coefficient (Wildman–Crippen LogP) is 3.34. The van der Waals surface area contributed by atoms with E-state index in [0.29, 0.717) is 13.2 Å². The highest BCUT2D eigenvalue weighted by atomic mass is 16.6. The Balaban J connectivity index is 1.77. The number of hydrogen-bond donors (Lipinski definition) is 2. The average molecular weight is 271 g/mol. The number of phenolic OH excluding ortho intramolecular Hbond substituents is 1. The van der Waals surface area contributed by atoms with Gasteiger partial charge in [0.1, 0.15) is 19.0 Å². The lowest BCUT2D eigenvalue weighted by atomic mass is 10.1. The molecule has 1 unspecified atom stereocenters. The molecule has 1 aliphatic heterocycles. The molecule has 0 amide bonds. The second kappa shape index (κ2) is 5.33. The maximum Gasteiger partial charge on any atom is 0.163 e. The largest absolute Gasteiger partial charge is 0.508 e. The van der Waals surface area contributed by atoms with Gasteiger partial charge in [-0.1, -0.05) is 12.1 Å². The van der Waals surface area contributed by atoms with Gasteiger partial charge in [-0.2, -0.15) is 0 Å². The first-order valence-corrected chi connectivity index (χ1v) is 6.67. The summed E-state index contributed by atoms with van der Waals surface area (Å²) in [6.07, 6.45) is 0. The maximum absolute atomic E-state index is 9.52. The lowest BCUT2D eigenvalue weighted by molar-refractivity contribution is 0.171. The quantitative estimate of drug-likeness (QED) is 0.899. The third-order valence-electron chi connectivity index (χ3n) is 3.30. The van der Waals surface area contributed by atoms with Crippen molar-refractivity contribution >= 4 is 5.69 Å². The van der Waals surface area contributed by atoms with Crippen molar-refractivity contribution in [1.29, 1.82) is 0 Å². The van der Waals surface area contributed by atoms with E-state index in [1.54, 1.807) is 12.1 Å². The predicted molar refractivity (Wildman–Crippen MR) is 77.6 cm³/mol. The molecule has 1 aliphatic rings. The number of hydrogen-bond acceptors (Lipinski definition) is 4. The van der Waals surface area contributed by atoms with Gasteiger partial charge in [0.05, 0.1) is 0 Å². The summed E-state index contributed by atoms with van der Waals surface area (Å²) in [5.41, 5.74) is 1.99. The van der Waals surface area contributed by atoms with Crippen molar-refractivity contribution < 1.29 is 14.6 Å². The number of fused-ring (bicyclic) bond motifs is 1. The van der Waals surface area contributed by atoms with Crippen LogP contribution < -0.4 is 14.8 Å². The lowest BCUT2D eigenvalue weighted by Crippen LogP contribution is -2.15. The summed E-state index contributed by atoms with van der Waals surface area (Å²) in [4.78, 5) is 0. The number of benzene rings is 2. The number of anilines is 1. The molecule has 1 heterocycles. The average Bonchev–Trinajstić information content (AvgIpc) is 2.47. The topological polar surface area (TPSA) is 50.7 Å². The molecule has 3 rings (SSSR count). The van der Waals surface area contributed by atoms with E-state index in [4.69, 9.17) is 9.47 Å². The van der Waals surface area contributed by atoms with Crippen LogP contribution in [0.3, 0.4) is 0 Å². The third kappa shape index (κ3) is 2.64. The zero-order valence-electron chi connectivity index (χ0n) is 11.3. The highest BCUT2D eigenvalue weighted by Gasteiger charge is 2.13. The molecule has 104 valence electrons. The van der Waals surface area contributed by atoms with Crippen molar-refractivity contribution in [3.05, 3.63) is 48.0 Å². The van der Waals surface area contributed by atoms with Gasteiger partial charge >= 0.3 is 0 Å². The second-order valence-electron chi connectivity index (χ2n) is 4.82. The maximum atomic E-state index is 9.52. The van der Waals surface area contributed by atoms with Gasteiger partial charge in [0, 0.05) is 17.8 Å². The van der Waals surface area contributed by atoms with E-state index in [-0.39, 0.29) is 11.8 Å². The second-order valence-corrected chi connectivity index (χ2v) is 4.82. The van der Waals surface area contributed by atoms with E-state index >= 15 is 0 Å². The molecular weight excluding hydrogens is 254 g/mol. The molecule has 2 N–H and O–H groups in total. The number of nitrogens with one attached hydrogen (secondary N) is 1. The zero-order chi connectivity index (χ0) is 13.9. The summed E-state index contributed by atoms with van der Waals surface area (Å²) < 4.78 is 11.1. The highest BCUT2D eigenvalue weighted by Crippen LogP contribution is 2.33. The molecule has 0 fully saturated rings. The molecule has 0 spiro atoms. The fourth-order valence-electron chi connectivity index (χ4n) is 2.26. The first-order chi connectivity index (χ1) is 9.72. The SMILES string of the molecule is CC(Nc1ccc2c(c1)OCCO2)c1cccc(O)c1. The van der Waals surface area contributed by atoms with Crippen LogP contribution in [0.25, 0.3) is 0 Å². The molecule has 1 atom stereocenters. The van der Waals surface area contributed by atoms with Crippen molar-refractivity contribution in [1.82, 2.24) is 0 Å². The van der Waals surface area contributed by atoms with Crippen LogP contribution in [-0.2, 0) is 0 Å². The van der Waals surface area contributed by atoms with Crippen molar-refractivity contribution in [3.63, 3.8) is 0 Å². The summed E-state index contributed by atoms with van der Waals surface area (Å²) in [5.74, 6) is 1.83. The Kier molecular flexibility index (Phi) is 3.37. The van der Waals surface area contributed by atoms with Gasteiger partial charge in [-0.3, -0.25) is 0 Å². The molecule has 0 radical (unpaired) electrons. The molecular formula is C16H17NO3. The molecule has 20 heavy (non-hydrogen) atoms. The Morgan fingerprint density at radius 2 is 1.85 bits per heavy atom. The molecule has 4 heteroatoms. The molecule has 2 aromatic carbocycles. The minimum atomic E-state index is 0.0876. The smallest absolute Gasteiger partial charge is 0.163 e. The zero-order valence-corrected chi connectivity index (χ0v) is 11.3. The van der Waals surface area contributed by atoms with E-state index in [1.807, 2.05) is 37.3 Å². The van der Waals surface area contributed by atoms with Crippen LogP contribution in [0.2, 0.25) is 0 Å². The first-order valence-electron chi connectivity index (χ1n) is 6.67. The number of phenols is 1. The molecule has 4 nitrogen and oxygen atoms in total. The molecule has 0 bridgehead atoms.